The van der Waals surface area contributed by atoms with Gasteiger partial charge in [-0.15, -0.1) is 0 Å². The van der Waals surface area contributed by atoms with E-state index in [0.29, 0.717) is 19.7 Å². The summed E-state index contributed by atoms with van der Waals surface area (Å²) in [5.74, 6) is 0.835. The van der Waals surface area contributed by atoms with Crippen LogP contribution in [0.1, 0.15) is 37.8 Å². The number of benzene rings is 1. The molecule has 0 aromatic heterocycles. The van der Waals surface area contributed by atoms with E-state index in [1.807, 2.05) is 36.1 Å². The fourth-order valence-corrected chi connectivity index (χ4v) is 3.68. The molecule has 0 bridgehead atoms. The molecule has 1 N–H and O–H groups in total. The number of methoxy groups -OCH3 is 1. The molecule has 6 heteroatoms. The molecule has 2 aliphatic heterocycles. The average Bonchev–Trinajstić information content (AvgIpc) is 2.72. The van der Waals surface area contributed by atoms with Crippen molar-refractivity contribution < 1.29 is 19.0 Å². The zero-order valence-electron chi connectivity index (χ0n) is 15.8. The summed E-state index contributed by atoms with van der Waals surface area (Å²) in [5.41, 5.74) is 1.03. The van der Waals surface area contributed by atoms with E-state index in [9.17, 15) is 4.79 Å². The van der Waals surface area contributed by atoms with Gasteiger partial charge in [-0.3, -0.25) is 4.79 Å². The topological polar surface area (TPSA) is 60.0 Å². The molecule has 2 aliphatic rings. The van der Waals surface area contributed by atoms with Crippen molar-refractivity contribution in [1.82, 2.24) is 10.2 Å². The molecule has 2 fully saturated rings. The first-order valence-corrected chi connectivity index (χ1v) is 9.58. The highest BCUT2D eigenvalue weighted by Gasteiger charge is 2.32. The van der Waals surface area contributed by atoms with Gasteiger partial charge in [-0.05, 0) is 32.3 Å². The Hall–Kier alpha value is -1.63. The molecular formula is C20H30N2O4. The van der Waals surface area contributed by atoms with Crippen molar-refractivity contribution in [3.63, 3.8) is 0 Å². The van der Waals surface area contributed by atoms with E-state index in [-0.39, 0.29) is 18.1 Å². The first kappa shape index (κ1) is 19.1. The van der Waals surface area contributed by atoms with Crippen LogP contribution in [0, 0.1) is 0 Å². The third-order valence-electron chi connectivity index (χ3n) is 5.18. The number of piperazine rings is 1. The summed E-state index contributed by atoms with van der Waals surface area (Å²) in [6, 6.07) is 7.84. The summed E-state index contributed by atoms with van der Waals surface area (Å²) in [6.07, 6.45) is 2.94. The van der Waals surface area contributed by atoms with Crippen molar-refractivity contribution in [2.45, 2.75) is 44.4 Å². The molecule has 3 unspecified atom stereocenters. The maximum atomic E-state index is 13.0. The quantitative estimate of drug-likeness (QED) is 0.840. The van der Waals surface area contributed by atoms with Gasteiger partial charge >= 0.3 is 0 Å². The minimum atomic E-state index is -0.476. The smallest absolute Gasteiger partial charge is 0.252 e. The summed E-state index contributed by atoms with van der Waals surface area (Å²) in [5, 5.41) is 3.38. The molecule has 2 saturated heterocycles. The van der Waals surface area contributed by atoms with Crippen LogP contribution in [-0.4, -0.2) is 63.0 Å². The molecule has 3 atom stereocenters. The largest absolute Gasteiger partial charge is 0.496 e. The molecule has 1 aromatic rings. The van der Waals surface area contributed by atoms with Crippen molar-refractivity contribution in [3.8, 4) is 5.75 Å². The van der Waals surface area contributed by atoms with E-state index in [0.717, 1.165) is 37.3 Å². The highest BCUT2D eigenvalue weighted by atomic mass is 16.5. The minimum Gasteiger partial charge on any atom is -0.496 e. The van der Waals surface area contributed by atoms with Crippen LogP contribution in [0.2, 0.25) is 0 Å². The number of rotatable bonds is 6. The summed E-state index contributed by atoms with van der Waals surface area (Å²) in [6.45, 7) is 5.28. The minimum absolute atomic E-state index is 0.0261. The van der Waals surface area contributed by atoms with Gasteiger partial charge in [0.2, 0.25) is 0 Å². The first-order chi connectivity index (χ1) is 12.7. The lowest BCUT2D eigenvalue weighted by Crippen LogP contribution is -2.52. The van der Waals surface area contributed by atoms with E-state index in [2.05, 4.69) is 5.32 Å². The molecule has 0 aliphatic carbocycles. The molecule has 26 heavy (non-hydrogen) atoms. The van der Waals surface area contributed by atoms with Gasteiger partial charge in [-0.25, -0.2) is 0 Å². The number of nitrogens with one attached hydrogen (secondary N) is 1. The number of nitrogens with zero attached hydrogens (tertiary/aromatic N) is 1. The van der Waals surface area contributed by atoms with Gasteiger partial charge in [0.15, 0.2) is 0 Å². The predicted molar refractivity (Wildman–Crippen MR) is 99.3 cm³/mol. The molecule has 6 nitrogen and oxygen atoms in total. The zero-order valence-corrected chi connectivity index (χ0v) is 15.8. The Morgan fingerprint density at radius 2 is 2.23 bits per heavy atom. The Morgan fingerprint density at radius 1 is 1.38 bits per heavy atom. The maximum Gasteiger partial charge on any atom is 0.252 e. The first-order valence-electron chi connectivity index (χ1n) is 9.58. The maximum absolute atomic E-state index is 13.0. The summed E-state index contributed by atoms with van der Waals surface area (Å²) in [4.78, 5) is 15.0. The molecule has 0 saturated carbocycles. The second-order valence-corrected chi connectivity index (χ2v) is 6.96. The molecule has 144 valence electrons. The Balaban J connectivity index is 1.65. The fourth-order valence-electron chi connectivity index (χ4n) is 3.68. The van der Waals surface area contributed by atoms with E-state index >= 15 is 0 Å². The van der Waals surface area contributed by atoms with Crippen molar-refractivity contribution in [2.75, 3.05) is 40.0 Å². The second-order valence-electron chi connectivity index (χ2n) is 6.96. The lowest BCUT2D eigenvalue weighted by molar-refractivity contribution is -0.149. The van der Waals surface area contributed by atoms with Crippen LogP contribution < -0.4 is 10.1 Å². The van der Waals surface area contributed by atoms with Crippen molar-refractivity contribution in [1.29, 1.82) is 0 Å². The van der Waals surface area contributed by atoms with Crippen LogP contribution in [0.5, 0.6) is 5.75 Å². The Kier molecular flexibility index (Phi) is 6.88. The van der Waals surface area contributed by atoms with Crippen LogP contribution in [-0.2, 0) is 14.3 Å². The van der Waals surface area contributed by atoms with E-state index in [4.69, 9.17) is 14.2 Å². The van der Waals surface area contributed by atoms with Gasteiger partial charge < -0.3 is 24.4 Å². The molecule has 1 amide bonds. The zero-order chi connectivity index (χ0) is 18.4. The normalized spacial score (nSPS) is 24.9. The van der Waals surface area contributed by atoms with Crippen molar-refractivity contribution in [2.24, 2.45) is 0 Å². The van der Waals surface area contributed by atoms with E-state index in [1.165, 1.54) is 6.42 Å². The number of ether oxygens (including phenoxy) is 3. The SMILES string of the molecule is COc1ccccc1C1CNCCN1C(=O)C(C)OCC1CCCCO1. The van der Waals surface area contributed by atoms with E-state index in [1.54, 1.807) is 7.11 Å². The van der Waals surface area contributed by atoms with Crippen LogP contribution in [0.15, 0.2) is 24.3 Å². The lowest BCUT2D eigenvalue weighted by atomic mass is 10.0. The second kappa shape index (κ2) is 9.35. The number of carbonyl (C=O) groups is 1. The number of hydrogen-bond donors (Lipinski definition) is 1. The van der Waals surface area contributed by atoms with Gasteiger partial charge in [0.05, 0.1) is 25.9 Å². The van der Waals surface area contributed by atoms with Crippen LogP contribution >= 0.6 is 0 Å². The summed E-state index contributed by atoms with van der Waals surface area (Å²) >= 11 is 0. The summed E-state index contributed by atoms with van der Waals surface area (Å²) < 4.78 is 17.1. The van der Waals surface area contributed by atoms with E-state index < -0.39 is 6.10 Å². The number of amides is 1. The predicted octanol–water partition coefficient (Wildman–Crippen LogP) is 2.14. The highest BCUT2D eigenvalue weighted by Crippen LogP contribution is 2.30. The fraction of sp³-hybridized carbons (Fsp3) is 0.650. The Bertz CT molecular complexity index is 589. The molecular weight excluding hydrogens is 332 g/mol. The summed E-state index contributed by atoms with van der Waals surface area (Å²) in [7, 11) is 1.66. The Morgan fingerprint density at radius 3 is 3.00 bits per heavy atom. The van der Waals surface area contributed by atoms with Gasteiger partial charge in [-0.2, -0.15) is 0 Å². The van der Waals surface area contributed by atoms with Crippen LogP contribution in [0.25, 0.3) is 0 Å². The number of hydrogen-bond acceptors (Lipinski definition) is 5. The van der Waals surface area contributed by atoms with Gasteiger partial charge in [0, 0.05) is 31.8 Å². The van der Waals surface area contributed by atoms with Gasteiger partial charge in [0.1, 0.15) is 11.9 Å². The van der Waals surface area contributed by atoms with Crippen LogP contribution in [0.3, 0.4) is 0 Å². The molecule has 1 aromatic carbocycles. The number of para-hydroxylation sites is 1. The molecule has 0 spiro atoms. The van der Waals surface area contributed by atoms with Gasteiger partial charge in [-0.1, -0.05) is 18.2 Å². The molecule has 3 rings (SSSR count). The lowest BCUT2D eigenvalue weighted by Gasteiger charge is -2.38. The van der Waals surface area contributed by atoms with Crippen LogP contribution in [0.4, 0.5) is 0 Å². The highest BCUT2D eigenvalue weighted by molar-refractivity contribution is 5.81. The van der Waals surface area contributed by atoms with Gasteiger partial charge in [0.25, 0.3) is 5.91 Å². The monoisotopic (exact) mass is 362 g/mol. The number of carbonyl (C=O) groups excluding carboxylic acids is 1. The van der Waals surface area contributed by atoms with Crippen molar-refractivity contribution >= 4 is 5.91 Å². The van der Waals surface area contributed by atoms with Crippen molar-refractivity contribution in [3.05, 3.63) is 29.8 Å². The Labute approximate surface area is 155 Å². The molecule has 2 heterocycles. The standard InChI is InChI=1S/C20H30N2O4/c1-15(26-14-16-7-5-6-12-25-16)20(23)22-11-10-21-13-18(22)17-8-3-4-9-19(17)24-2/h3-4,8-9,15-16,18,21H,5-7,10-14H2,1-2H3. The third-order valence-corrected chi connectivity index (χ3v) is 5.18. The average molecular weight is 362 g/mol. The third kappa shape index (κ3) is 4.55. The molecule has 0 radical (unpaired) electrons.